The summed E-state index contributed by atoms with van der Waals surface area (Å²) in [6, 6.07) is 10.8. The van der Waals surface area contributed by atoms with Crippen molar-refractivity contribution in [2.45, 2.75) is 13.0 Å². The van der Waals surface area contributed by atoms with Crippen LogP contribution in [0.15, 0.2) is 36.4 Å². The zero-order valence-corrected chi connectivity index (χ0v) is 9.10. The first-order valence-electron chi connectivity index (χ1n) is 5.18. The number of carbonyl (C=O) groups is 1. The monoisotopic (exact) mass is 214 g/mol. The number of hydrogen-bond acceptors (Lipinski definition) is 3. The lowest BCUT2D eigenvalue weighted by Gasteiger charge is -2.11. The first-order valence-corrected chi connectivity index (χ1v) is 5.18. The van der Waals surface area contributed by atoms with Crippen molar-refractivity contribution >= 4 is 22.2 Å². The standard InChI is InChI=1S/C13H14N2O/c1-8(14)13(16)12-10-5-3-2-4-9(10)6-7-11(12)15/h2-8H,14-15H2,1H3/t8-/m0/s1. The number of nitrogens with two attached hydrogens (primary N) is 2. The molecule has 3 heteroatoms. The molecule has 0 fully saturated rings. The highest BCUT2D eigenvalue weighted by atomic mass is 16.1. The van der Waals surface area contributed by atoms with Crippen molar-refractivity contribution in [2.75, 3.05) is 5.73 Å². The Balaban J connectivity index is 2.75. The molecule has 0 unspecified atom stereocenters. The second-order valence-corrected chi connectivity index (χ2v) is 3.90. The van der Waals surface area contributed by atoms with Gasteiger partial charge in [0.1, 0.15) is 0 Å². The molecule has 1 atom stereocenters. The second-order valence-electron chi connectivity index (χ2n) is 3.90. The number of rotatable bonds is 2. The molecule has 2 rings (SSSR count). The minimum absolute atomic E-state index is 0.116. The summed E-state index contributed by atoms with van der Waals surface area (Å²) in [5.74, 6) is -0.116. The Hall–Kier alpha value is -1.87. The van der Waals surface area contributed by atoms with Crippen molar-refractivity contribution in [3.05, 3.63) is 42.0 Å². The zero-order chi connectivity index (χ0) is 11.7. The topological polar surface area (TPSA) is 69.1 Å². The molecule has 2 aromatic carbocycles. The third-order valence-corrected chi connectivity index (χ3v) is 2.62. The van der Waals surface area contributed by atoms with Gasteiger partial charge in [0.15, 0.2) is 5.78 Å². The van der Waals surface area contributed by atoms with E-state index >= 15 is 0 Å². The smallest absolute Gasteiger partial charge is 0.181 e. The summed E-state index contributed by atoms with van der Waals surface area (Å²) >= 11 is 0. The highest BCUT2D eigenvalue weighted by Crippen LogP contribution is 2.25. The minimum Gasteiger partial charge on any atom is -0.398 e. The summed E-state index contributed by atoms with van der Waals surface area (Å²) in [5.41, 5.74) is 12.5. The number of benzene rings is 2. The molecule has 0 aromatic heterocycles. The summed E-state index contributed by atoms with van der Waals surface area (Å²) < 4.78 is 0. The van der Waals surface area contributed by atoms with Gasteiger partial charge in [0.2, 0.25) is 0 Å². The lowest BCUT2D eigenvalue weighted by Crippen LogP contribution is -2.27. The van der Waals surface area contributed by atoms with Crippen LogP contribution in [0.25, 0.3) is 10.8 Å². The van der Waals surface area contributed by atoms with E-state index in [0.717, 1.165) is 10.8 Å². The molecule has 82 valence electrons. The number of nitrogen functional groups attached to an aromatic ring is 1. The second kappa shape index (κ2) is 3.94. The molecule has 3 nitrogen and oxygen atoms in total. The van der Waals surface area contributed by atoms with Crippen molar-refractivity contribution in [3.63, 3.8) is 0 Å². The number of Topliss-reactive ketones (excluding diaryl/α,β-unsaturated/α-hetero) is 1. The molecular weight excluding hydrogens is 200 g/mol. The zero-order valence-electron chi connectivity index (χ0n) is 9.10. The highest BCUT2D eigenvalue weighted by molar-refractivity contribution is 6.14. The van der Waals surface area contributed by atoms with E-state index in [-0.39, 0.29) is 5.78 Å². The normalized spacial score (nSPS) is 12.6. The maximum Gasteiger partial charge on any atom is 0.181 e. The molecule has 0 aliphatic carbocycles. The molecule has 0 saturated heterocycles. The van der Waals surface area contributed by atoms with Crippen LogP contribution >= 0.6 is 0 Å². The van der Waals surface area contributed by atoms with E-state index in [4.69, 9.17) is 11.5 Å². The highest BCUT2D eigenvalue weighted by Gasteiger charge is 2.16. The fourth-order valence-corrected chi connectivity index (χ4v) is 1.79. The van der Waals surface area contributed by atoms with Gasteiger partial charge in [0, 0.05) is 11.3 Å². The van der Waals surface area contributed by atoms with Gasteiger partial charge in [-0.05, 0) is 23.8 Å². The Labute approximate surface area is 94.0 Å². The van der Waals surface area contributed by atoms with Crippen LogP contribution in [0.1, 0.15) is 17.3 Å². The average molecular weight is 214 g/mol. The van der Waals surface area contributed by atoms with E-state index in [0.29, 0.717) is 11.3 Å². The van der Waals surface area contributed by atoms with Gasteiger partial charge in [-0.25, -0.2) is 0 Å². The quantitative estimate of drug-likeness (QED) is 0.593. The van der Waals surface area contributed by atoms with Crippen molar-refractivity contribution in [1.29, 1.82) is 0 Å². The third-order valence-electron chi connectivity index (χ3n) is 2.62. The van der Waals surface area contributed by atoms with Crippen LogP contribution in [0.5, 0.6) is 0 Å². The van der Waals surface area contributed by atoms with Gasteiger partial charge in [0.25, 0.3) is 0 Å². The van der Waals surface area contributed by atoms with Crippen LogP contribution in [-0.2, 0) is 0 Å². The van der Waals surface area contributed by atoms with E-state index in [1.54, 1.807) is 13.0 Å². The molecule has 0 aliphatic heterocycles. The van der Waals surface area contributed by atoms with Crippen molar-refractivity contribution < 1.29 is 4.79 Å². The first-order chi connectivity index (χ1) is 7.61. The molecule has 4 N–H and O–H groups in total. The van der Waals surface area contributed by atoms with Gasteiger partial charge >= 0.3 is 0 Å². The molecule has 0 spiro atoms. The van der Waals surface area contributed by atoms with Gasteiger partial charge < -0.3 is 11.5 Å². The van der Waals surface area contributed by atoms with Gasteiger partial charge in [-0.3, -0.25) is 4.79 Å². The van der Waals surface area contributed by atoms with Crippen molar-refractivity contribution in [3.8, 4) is 0 Å². The summed E-state index contributed by atoms with van der Waals surface area (Å²) in [7, 11) is 0. The average Bonchev–Trinajstić information content (AvgIpc) is 2.28. The number of hydrogen-bond donors (Lipinski definition) is 2. The van der Waals surface area contributed by atoms with Gasteiger partial charge in [-0.2, -0.15) is 0 Å². The number of carbonyl (C=O) groups excluding carboxylic acids is 1. The van der Waals surface area contributed by atoms with Crippen LogP contribution < -0.4 is 11.5 Å². The first kappa shape index (κ1) is 10.6. The Morgan fingerprint density at radius 2 is 1.88 bits per heavy atom. The minimum atomic E-state index is -0.534. The fourth-order valence-electron chi connectivity index (χ4n) is 1.79. The Morgan fingerprint density at radius 1 is 1.19 bits per heavy atom. The van der Waals surface area contributed by atoms with Crippen LogP contribution in [-0.4, -0.2) is 11.8 Å². The number of ketones is 1. The molecule has 0 amide bonds. The predicted octanol–water partition coefficient (Wildman–Crippen LogP) is 1.95. The van der Waals surface area contributed by atoms with Crippen LogP contribution in [0.3, 0.4) is 0 Å². The van der Waals surface area contributed by atoms with Crippen LogP contribution in [0.4, 0.5) is 5.69 Å². The van der Waals surface area contributed by atoms with Crippen molar-refractivity contribution in [2.24, 2.45) is 5.73 Å². The lowest BCUT2D eigenvalue weighted by atomic mass is 9.97. The largest absolute Gasteiger partial charge is 0.398 e. The Bertz CT molecular complexity index is 547. The van der Waals surface area contributed by atoms with Crippen LogP contribution in [0.2, 0.25) is 0 Å². The summed E-state index contributed by atoms with van der Waals surface area (Å²) in [5, 5.41) is 1.87. The molecule has 0 bridgehead atoms. The van der Waals surface area contributed by atoms with Crippen molar-refractivity contribution in [1.82, 2.24) is 0 Å². The third kappa shape index (κ3) is 1.66. The van der Waals surface area contributed by atoms with Gasteiger partial charge in [-0.15, -0.1) is 0 Å². The van der Waals surface area contributed by atoms with E-state index in [2.05, 4.69) is 0 Å². The Morgan fingerprint density at radius 3 is 2.56 bits per heavy atom. The molecule has 0 aliphatic rings. The molecule has 0 saturated carbocycles. The summed E-state index contributed by atoms with van der Waals surface area (Å²) in [6.45, 7) is 1.67. The molecule has 16 heavy (non-hydrogen) atoms. The SMILES string of the molecule is C[C@H](N)C(=O)c1c(N)ccc2ccccc12. The van der Waals surface area contributed by atoms with E-state index < -0.39 is 6.04 Å². The molecule has 2 aromatic rings. The molecule has 0 radical (unpaired) electrons. The van der Waals surface area contributed by atoms with Gasteiger partial charge in [-0.1, -0.05) is 30.3 Å². The fraction of sp³-hybridized carbons (Fsp3) is 0.154. The van der Waals surface area contributed by atoms with E-state index in [1.807, 2.05) is 30.3 Å². The lowest BCUT2D eigenvalue weighted by molar-refractivity contribution is 0.0970. The number of anilines is 1. The predicted molar refractivity (Wildman–Crippen MR) is 66.3 cm³/mol. The van der Waals surface area contributed by atoms with E-state index in [1.165, 1.54) is 0 Å². The molecule has 0 heterocycles. The van der Waals surface area contributed by atoms with Crippen LogP contribution in [0, 0.1) is 0 Å². The molecular formula is C13H14N2O. The Kier molecular flexibility index (Phi) is 2.62. The number of fused-ring (bicyclic) bond motifs is 1. The maximum absolute atomic E-state index is 12.0. The van der Waals surface area contributed by atoms with E-state index in [9.17, 15) is 4.79 Å². The maximum atomic E-state index is 12.0. The summed E-state index contributed by atoms with van der Waals surface area (Å²) in [4.78, 5) is 12.0. The van der Waals surface area contributed by atoms with Gasteiger partial charge in [0.05, 0.1) is 6.04 Å². The summed E-state index contributed by atoms with van der Waals surface area (Å²) in [6.07, 6.45) is 0.